The summed E-state index contributed by atoms with van der Waals surface area (Å²) >= 11 is 0. The van der Waals surface area contributed by atoms with Crippen molar-refractivity contribution >= 4 is 22.8 Å². The molecule has 2 aromatic rings. The highest BCUT2D eigenvalue weighted by Gasteiger charge is 2.35. The van der Waals surface area contributed by atoms with Crippen molar-refractivity contribution in [2.75, 3.05) is 12.5 Å². The zero-order chi connectivity index (χ0) is 21.1. The summed E-state index contributed by atoms with van der Waals surface area (Å²) < 4.78 is 4.90. The number of cyclic esters (lactones) is 2. The van der Waals surface area contributed by atoms with Gasteiger partial charge in [-0.05, 0) is 93.8 Å². The molecule has 28 heavy (non-hydrogen) atoms. The zero-order valence-electron chi connectivity index (χ0n) is 18.3. The lowest BCUT2D eigenvalue weighted by molar-refractivity contribution is 0.0443. The average molecular weight is 398 g/mol. The Morgan fingerprint density at radius 3 is 1.46 bits per heavy atom. The number of benzene rings is 2. The van der Waals surface area contributed by atoms with Crippen molar-refractivity contribution in [1.29, 1.82) is 0 Å². The van der Waals surface area contributed by atoms with Gasteiger partial charge in [0, 0.05) is 22.0 Å². The Balaban J connectivity index is 2.25. The van der Waals surface area contributed by atoms with Gasteiger partial charge in [0.25, 0.3) is 0 Å². The highest BCUT2D eigenvalue weighted by molar-refractivity contribution is 7.95. The predicted molar refractivity (Wildman–Crippen MR) is 116 cm³/mol. The van der Waals surface area contributed by atoms with E-state index in [1.54, 1.807) is 0 Å². The van der Waals surface area contributed by atoms with E-state index in [2.05, 4.69) is 40.2 Å². The Kier molecular flexibility index (Phi) is 5.22. The van der Waals surface area contributed by atoms with Crippen molar-refractivity contribution in [2.24, 2.45) is 0 Å². The van der Waals surface area contributed by atoms with E-state index >= 15 is 0 Å². The summed E-state index contributed by atoms with van der Waals surface area (Å²) in [5, 5.41) is 0. The first kappa shape index (κ1) is 20.7. The van der Waals surface area contributed by atoms with E-state index in [9.17, 15) is 9.59 Å². The van der Waals surface area contributed by atoms with Gasteiger partial charge in [0.15, 0.2) is 4.90 Å². The minimum absolute atomic E-state index is 0.203. The summed E-state index contributed by atoms with van der Waals surface area (Å²) in [4.78, 5) is 25.9. The Hall–Kier alpha value is -2.07. The van der Waals surface area contributed by atoms with Gasteiger partial charge >= 0.3 is 11.9 Å². The van der Waals surface area contributed by atoms with Crippen molar-refractivity contribution < 1.29 is 14.3 Å². The lowest BCUT2D eigenvalue weighted by Crippen LogP contribution is -2.12. The molecule has 2 aromatic carbocycles. The topological polar surface area (TPSA) is 43.4 Å². The van der Waals surface area contributed by atoms with Crippen molar-refractivity contribution in [3.05, 3.63) is 61.2 Å². The fourth-order valence-electron chi connectivity index (χ4n) is 4.59. The molecule has 0 unspecified atom stereocenters. The van der Waals surface area contributed by atoms with Crippen LogP contribution >= 0.6 is 0 Å². The number of ether oxygens (including phenoxy) is 1. The standard InChI is InChI=1S/C24H29O3S/c1-11-14(4)20-21(24(26)27-23(20)25)17(7)19(11)10-18-12(2)15(5)22(28(8)9)16(6)13(18)3/h10H2,1-9H3/q+1. The largest absolute Gasteiger partial charge is 0.386 e. The van der Waals surface area contributed by atoms with Gasteiger partial charge in [-0.3, -0.25) is 0 Å². The Bertz CT molecular complexity index is 1020. The fraction of sp³-hybridized carbons (Fsp3) is 0.417. The smallest absolute Gasteiger partial charge is 0.347 e. The molecular formula is C24H29O3S+. The van der Waals surface area contributed by atoms with Gasteiger partial charge in [-0.1, -0.05) is 0 Å². The number of fused-ring (bicyclic) bond motifs is 1. The molecule has 4 heteroatoms. The van der Waals surface area contributed by atoms with Gasteiger partial charge in [-0.15, -0.1) is 0 Å². The van der Waals surface area contributed by atoms with Gasteiger partial charge in [-0.25, -0.2) is 9.59 Å². The van der Waals surface area contributed by atoms with E-state index in [0.29, 0.717) is 11.1 Å². The van der Waals surface area contributed by atoms with E-state index in [-0.39, 0.29) is 10.9 Å². The SMILES string of the molecule is Cc1c(C)c([S+](C)C)c(C)c(C)c1Cc1c(C)c(C)c2c(c1C)C(=O)OC2=O. The molecule has 0 aromatic heterocycles. The molecule has 0 bridgehead atoms. The van der Waals surface area contributed by atoms with Crippen LogP contribution < -0.4 is 0 Å². The lowest BCUT2D eigenvalue weighted by atomic mass is 9.83. The number of carbonyl (C=O) groups excluding carboxylic acids is 2. The number of rotatable bonds is 3. The van der Waals surface area contributed by atoms with Crippen LogP contribution in [0.1, 0.15) is 70.8 Å². The first-order chi connectivity index (χ1) is 13.0. The summed E-state index contributed by atoms with van der Waals surface area (Å²) in [5.41, 5.74) is 11.6. The third kappa shape index (κ3) is 2.89. The second-order valence-electron chi connectivity index (χ2n) is 8.08. The van der Waals surface area contributed by atoms with E-state index < -0.39 is 11.9 Å². The second-order valence-corrected chi connectivity index (χ2v) is 10.1. The third-order valence-electron chi connectivity index (χ3n) is 6.53. The van der Waals surface area contributed by atoms with Crippen molar-refractivity contribution in [3.8, 4) is 0 Å². The molecule has 0 amide bonds. The van der Waals surface area contributed by atoms with Crippen LogP contribution in [-0.2, 0) is 22.1 Å². The third-order valence-corrected chi connectivity index (χ3v) is 7.96. The number of carbonyl (C=O) groups is 2. The van der Waals surface area contributed by atoms with Gasteiger partial charge in [-0.2, -0.15) is 0 Å². The number of hydrogen-bond acceptors (Lipinski definition) is 3. The molecule has 3 rings (SSSR count). The summed E-state index contributed by atoms with van der Waals surface area (Å²) in [6.45, 7) is 14.7. The first-order valence-corrected chi connectivity index (χ1v) is 11.6. The molecule has 148 valence electrons. The number of esters is 2. The molecule has 0 fully saturated rings. The van der Waals surface area contributed by atoms with Crippen LogP contribution in [0.5, 0.6) is 0 Å². The molecule has 0 saturated carbocycles. The molecule has 0 atom stereocenters. The van der Waals surface area contributed by atoms with Crippen molar-refractivity contribution in [1.82, 2.24) is 0 Å². The van der Waals surface area contributed by atoms with Crippen LogP contribution in [0, 0.1) is 48.5 Å². The fourth-order valence-corrected chi connectivity index (χ4v) is 6.12. The van der Waals surface area contributed by atoms with E-state index in [0.717, 1.165) is 28.7 Å². The molecule has 3 nitrogen and oxygen atoms in total. The van der Waals surface area contributed by atoms with Crippen LogP contribution in [0.15, 0.2) is 4.90 Å². The number of hydrogen-bond donors (Lipinski definition) is 0. The molecule has 0 aliphatic carbocycles. The summed E-state index contributed by atoms with van der Waals surface area (Å²) in [6.07, 6.45) is 5.30. The van der Waals surface area contributed by atoms with Crippen molar-refractivity contribution in [2.45, 2.75) is 59.8 Å². The van der Waals surface area contributed by atoms with E-state index in [1.165, 1.54) is 32.7 Å². The quantitative estimate of drug-likeness (QED) is 0.417. The molecule has 0 N–H and O–H groups in total. The minimum Gasteiger partial charge on any atom is -0.386 e. The maximum Gasteiger partial charge on any atom is 0.347 e. The van der Waals surface area contributed by atoms with Gasteiger partial charge in [0.05, 0.1) is 11.1 Å². The first-order valence-electron chi connectivity index (χ1n) is 9.54. The zero-order valence-corrected chi connectivity index (χ0v) is 19.2. The van der Waals surface area contributed by atoms with Crippen LogP contribution in [-0.4, -0.2) is 24.5 Å². The molecular weight excluding hydrogens is 368 g/mol. The summed E-state index contributed by atoms with van der Waals surface area (Å²) in [5.74, 6) is -1.03. The minimum atomic E-state index is -0.517. The highest BCUT2D eigenvalue weighted by Crippen LogP contribution is 2.36. The molecule has 0 saturated heterocycles. The average Bonchev–Trinajstić information content (AvgIpc) is 2.91. The maximum absolute atomic E-state index is 12.3. The van der Waals surface area contributed by atoms with Crippen LogP contribution in [0.25, 0.3) is 0 Å². The molecule has 1 heterocycles. The Labute approximate surface area is 170 Å². The summed E-state index contributed by atoms with van der Waals surface area (Å²) in [6, 6.07) is 0. The molecule has 1 aliphatic heterocycles. The Morgan fingerprint density at radius 2 is 1.00 bits per heavy atom. The predicted octanol–water partition coefficient (Wildman–Crippen LogP) is 4.98. The molecule has 0 radical (unpaired) electrons. The molecule has 1 aliphatic rings. The highest BCUT2D eigenvalue weighted by atomic mass is 32.2. The maximum atomic E-state index is 12.3. The van der Waals surface area contributed by atoms with Gasteiger partial charge in [0.1, 0.15) is 12.5 Å². The van der Waals surface area contributed by atoms with Crippen LogP contribution in [0.3, 0.4) is 0 Å². The van der Waals surface area contributed by atoms with Crippen LogP contribution in [0.4, 0.5) is 0 Å². The lowest BCUT2D eigenvalue weighted by Gasteiger charge is -2.21. The normalized spacial score (nSPS) is 13.4. The van der Waals surface area contributed by atoms with Gasteiger partial charge < -0.3 is 4.74 Å². The van der Waals surface area contributed by atoms with E-state index in [4.69, 9.17) is 4.74 Å². The second kappa shape index (κ2) is 7.07. The van der Waals surface area contributed by atoms with E-state index in [1.807, 2.05) is 20.8 Å². The Morgan fingerprint density at radius 1 is 0.607 bits per heavy atom. The van der Waals surface area contributed by atoms with Crippen LogP contribution in [0.2, 0.25) is 0 Å². The molecule has 0 spiro atoms. The summed E-state index contributed by atoms with van der Waals surface area (Å²) in [7, 11) is 0.203. The van der Waals surface area contributed by atoms with Crippen molar-refractivity contribution in [3.63, 3.8) is 0 Å². The monoisotopic (exact) mass is 397 g/mol. The van der Waals surface area contributed by atoms with Gasteiger partial charge in [0.2, 0.25) is 0 Å².